The number of rotatable bonds is 6. The lowest BCUT2D eigenvalue weighted by Crippen LogP contribution is -2.28. The molecule has 0 radical (unpaired) electrons. The molecule has 98 valence electrons. The molecule has 1 unspecified atom stereocenters. The second-order valence-corrected chi connectivity index (χ2v) is 5.09. The molecule has 1 aromatic carbocycles. The molecule has 1 N–H and O–H groups in total. The first-order valence-corrected chi connectivity index (χ1v) is 6.84. The summed E-state index contributed by atoms with van der Waals surface area (Å²) in [4.78, 5) is 4.40. The summed E-state index contributed by atoms with van der Waals surface area (Å²) in [6.45, 7) is 5.59. The number of benzene rings is 1. The zero-order chi connectivity index (χ0) is 13.0. The van der Waals surface area contributed by atoms with Gasteiger partial charge in [0.2, 0.25) is 0 Å². The van der Waals surface area contributed by atoms with Gasteiger partial charge < -0.3 is 9.88 Å². The maximum absolute atomic E-state index is 4.40. The van der Waals surface area contributed by atoms with Gasteiger partial charge >= 0.3 is 0 Å². The first-order chi connectivity index (χ1) is 8.70. The lowest BCUT2D eigenvalue weighted by molar-refractivity contribution is 0.531. The van der Waals surface area contributed by atoms with Crippen LogP contribution >= 0.6 is 0 Å². The Hall–Kier alpha value is -1.35. The molecule has 2 aromatic rings. The number of unbranched alkanes of at least 4 members (excludes halogenated alkanes) is 1. The van der Waals surface area contributed by atoms with E-state index in [1.54, 1.807) is 0 Å². The molecule has 2 rings (SSSR count). The van der Waals surface area contributed by atoms with Gasteiger partial charge in [-0.1, -0.05) is 19.4 Å². The van der Waals surface area contributed by atoms with E-state index in [-0.39, 0.29) is 0 Å². The summed E-state index contributed by atoms with van der Waals surface area (Å²) in [5.41, 5.74) is 3.65. The maximum atomic E-state index is 4.40. The minimum Gasteiger partial charge on any atom is -0.334 e. The van der Waals surface area contributed by atoms with Gasteiger partial charge in [0.25, 0.3) is 0 Å². The van der Waals surface area contributed by atoms with Crippen molar-refractivity contribution < 1.29 is 0 Å². The highest BCUT2D eigenvalue weighted by Crippen LogP contribution is 2.15. The first-order valence-electron chi connectivity index (χ1n) is 6.84. The zero-order valence-electron chi connectivity index (χ0n) is 11.6. The summed E-state index contributed by atoms with van der Waals surface area (Å²) < 4.78 is 2.06. The third-order valence-corrected chi connectivity index (χ3v) is 3.35. The number of hydrogen-bond donors (Lipinski definition) is 1. The molecule has 0 aliphatic carbocycles. The minimum atomic E-state index is 0.526. The molecule has 0 saturated carbocycles. The normalized spacial score (nSPS) is 13.1. The highest BCUT2D eigenvalue weighted by atomic mass is 15.0. The maximum Gasteiger partial charge on any atom is 0.0955 e. The smallest absolute Gasteiger partial charge is 0.0955 e. The van der Waals surface area contributed by atoms with Crippen molar-refractivity contribution in [3.05, 3.63) is 30.1 Å². The van der Waals surface area contributed by atoms with Crippen LogP contribution in [0.1, 0.15) is 32.3 Å². The molecule has 0 saturated heterocycles. The standard InChI is InChI=1S/C15H23N3/c1-4-5-8-16-12(2)9-13-6-7-15-14(10-13)17-11-18(15)3/h6-7,10-12,16H,4-5,8-9H2,1-3H3. The average Bonchev–Trinajstić information content (AvgIpc) is 2.71. The molecule has 0 spiro atoms. The molecule has 3 nitrogen and oxygen atoms in total. The van der Waals surface area contributed by atoms with Gasteiger partial charge in [0, 0.05) is 13.1 Å². The summed E-state index contributed by atoms with van der Waals surface area (Å²) in [5, 5.41) is 3.56. The Morgan fingerprint density at radius 2 is 2.22 bits per heavy atom. The van der Waals surface area contributed by atoms with Crippen molar-refractivity contribution in [2.24, 2.45) is 7.05 Å². The summed E-state index contributed by atoms with van der Waals surface area (Å²) in [6.07, 6.45) is 5.44. The second kappa shape index (κ2) is 6.01. The van der Waals surface area contributed by atoms with Crippen molar-refractivity contribution in [3.63, 3.8) is 0 Å². The van der Waals surface area contributed by atoms with E-state index in [1.165, 1.54) is 23.9 Å². The Kier molecular flexibility index (Phi) is 4.37. The van der Waals surface area contributed by atoms with Gasteiger partial charge in [-0.2, -0.15) is 0 Å². The Balaban J connectivity index is 1.98. The van der Waals surface area contributed by atoms with Crippen LogP contribution in [0.25, 0.3) is 11.0 Å². The minimum absolute atomic E-state index is 0.526. The second-order valence-electron chi connectivity index (χ2n) is 5.09. The van der Waals surface area contributed by atoms with Gasteiger partial charge in [-0.3, -0.25) is 0 Å². The number of aromatic nitrogens is 2. The van der Waals surface area contributed by atoms with Crippen LogP contribution in [-0.4, -0.2) is 22.1 Å². The fourth-order valence-electron chi connectivity index (χ4n) is 2.26. The number of imidazole rings is 1. The molecule has 0 bridgehead atoms. The molecule has 1 heterocycles. The van der Waals surface area contributed by atoms with Gasteiger partial charge in [-0.15, -0.1) is 0 Å². The van der Waals surface area contributed by atoms with Crippen LogP contribution < -0.4 is 5.32 Å². The van der Waals surface area contributed by atoms with Gasteiger partial charge in [-0.25, -0.2) is 4.98 Å². The Morgan fingerprint density at radius 1 is 1.39 bits per heavy atom. The fraction of sp³-hybridized carbons (Fsp3) is 0.533. The largest absolute Gasteiger partial charge is 0.334 e. The monoisotopic (exact) mass is 245 g/mol. The van der Waals surface area contributed by atoms with Crippen molar-refractivity contribution in [1.82, 2.24) is 14.9 Å². The van der Waals surface area contributed by atoms with E-state index in [1.807, 2.05) is 13.4 Å². The van der Waals surface area contributed by atoms with Gasteiger partial charge in [0.1, 0.15) is 0 Å². The molecule has 0 amide bonds. The third-order valence-electron chi connectivity index (χ3n) is 3.35. The number of nitrogens with zero attached hydrogens (tertiary/aromatic N) is 2. The van der Waals surface area contributed by atoms with Crippen LogP contribution in [0.4, 0.5) is 0 Å². The van der Waals surface area contributed by atoms with Crippen molar-refractivity contribution in [3.8, 4) is 0 Å². The van der Waals surface area contributed by atoms with Crippen LogP contribution in [0.15, 0.2) is 24.5 Å². The molecule has 3 heteroatoms. The molecule has 0 fully saturated rings. The lowest BCUT2D eigenvalue weighted by atomic mass is 10.1. The van der Waals surface area contributed by atoms with E-state index in [0.717, 1.165) is 18.5 Å². The predicted octanol–water partition coefficient (Wildman–Crippen LogP) is 2.89. The number of hydrogen-bond acceptors (Lipinski definition) is 2. The molecule has 0 aliphatic rings. The van der Waals surface area contributed by atoms with Crippen LogP contribution in [0.3, 0.4) is 0 Å². The number of aryl methyl sites for hydroxylation is 1. The van der Waals surface area contributed by atoms with Gasteiger partial charge in [0.15, 0.2) is 0 Å². The molecule has 18 heavy (non-hydrogen) atoms. The van der Waals surface area contributed by atoms with E-state index in [9.17, 15) is 0 Å². The van der Waals surface area contributed by atoms with Crippen LogP contribution in [0.2, 0.25) is 0 Å². The van der Waals surface area contributed by atoms with Crippen LogP contribution in [0.5, 0.6) is 0 Å². The quantitative estimate of drug-likeness (QED) is 0.793. The molecular weight excluding hydrogens is 222 g/mol. The van der Waals surface area contributed by atoms with E-state index >= 15 is 0 Å². The SMILES string of the molecule is CCCCNC(C)Cc1ccc2c(c1)ncn2C. The summed E-state index contributed by atoms with van der Waals surface area (Å²) in [5.74, 6) is 0. The molecule has 0 aliphatic heterocycles. The summed E-state index contributed by atoms with van der Waals surface area (Å²) in [7, 11) is 2.03. The molecule has 1 atom stereocenters. The topological polar surface area (TPSA) is 29.9 Å². The van der Waals surface area contributed by atoms with E-state index in [2.05, 4.69) is 46.9 Å². The van der Waals surface area contributed by atoms with Crippen LogP contribution in [-0.2, 0) is 13.5 Å². The van der Waals surface area contributed by atoms with Gasteiger partial charge in [0.05, 0.1) is 17.4 Å². The lowest BCUT2D eigenvalue weighted by Gasteiger charge is -2.13. The average molecular weight is 245 g/mol. The highest BCUT2D eigenvalue weighted by molar-refractivity contribution is 5.75. The Labute approximate surface area is 109 Å². The molecular formula is C15H23N3. The zero-order valence-corrected chi connectivity index (χ0v) is 11.6. The fourth-order valence-corrected chi connectivity index (χ4v) is 2.26. The van der Waals surface area contributed by atoms with Crippen molar-refractivity contribution in [2.45, 2.75) is 39.2 Å². The van der Waals surface area contributed by atoms with Crippen molar-refractivity contribution >= 4 is 11.0 Å². The summed E-state index contributed by atoms with van der Waals surface area (Å²) >= 11 is 0. The predicted molar refractivity (Wildman–Crippen MR) is 76.8 cm³/mol. The summed E-state index contributed by atoms with van der Waals surface area (Å²) in [6, 6.07) is 7.10. The highest BCUT2D eigenvalue weighted by Gasteiger charge is 2.05. The Morgan fingerprint density at radius 3 is 3.00 bits per heavy atom. The van der Waals surface area contributed by atoms with Gasteiger partial charge in [-0.05, 0) is 44.0 Å². The van der Waals surface area contributed by atoms with E-state index < -0.39 is 0 Å². The third kappa shape index (κ3) is 3.10. The van der Waals surface area contributed by atoms with Crippen molar-refractivity contribution in [1.29, 1.82) is 0 Å². The van der Waals surface area contributed by atoms with Crippen molar-refractivity contribution in [2.75, 3.05) is 6.54 Å². The first kappa shape index (κ1) is 13.1. The van der Waals surface area contributed by atoms with E-state index in [4.69, 9.17) is 0 Å². The molecule has 1 aromatic heterocycles. The number of fused-ring (bicyclic) bond motifs is 1. The van der Waals surface area contributed by atoms with E-state index in [0.29, 0.717) is 6.04 Å². The number of nitrogens with one attached hydrogen (secondary N) is 1. The van der Waals surface area contributed by atoms with Crippen LogP contribution in [0, 0.1) is 0 Å². The Bertz CT molecular complexity index is 501.